The summed E-state index contributed by atoms with van der Waals surface area (Å²) in [6.07, 6.45) is -0.126. The molecule has 0 aliphatic rings. The van der Waals surface area contributed by atoms with Crippen molar-refractivity contribution >= 4 is 11.8 Å². The van der Waals surface area contributed by atoms with E-state index in [1.54, 1.807) is 13.8 Å². The summed E-state index contributed by atoms with van der Waals surface area (Å²) in [6.45, 7) is 3.29. The Hall–Kier alpha value is -2.24. The number of phenolic OH excluding ortho intramolecular Hbond substituents is 3. The highest BCUT2D eigenvalue weighted by atomic mass is 16.5. The van der Waals surface area contributed by atoms with Crippen molar-refractivity contribution in [3.63, 3.8) is 0 Å². The Morgan fingerprint density at radius 3 is 2.21 bits per heavy atom. The Labute approximate surface area is 110 Å². The van der Waals surface area contributed by atoms with E-state index in [0.717, 1.165) is 12.1 Å². The zero-order valence-corrected chi connectivity index (χ0v) is 10.7. The van der Waals surface area contributed by atoms with E-state index in [1.807, 2.05) is 0 Å². The average Bonchev–Trinajstić information content (AvgIpc) is 2.34. The summed E-state index contributed by atoms with van der Waals surface area (Å²) in [6, 6.07) is 1.96. The molecular weight excluding hydrogens is 252 g/mol. The van der Waals surface area contributed by atoms with E-state index in [0.29, 0.717) is 6.42 Å². The zero-order valence-electron chi connectivity index (χ0n) is 10.7. The predicted octanol–water partition coefficient (Wildman–Crippen LogP) is 1.72. The van der Waals surface area contributed by atoms with Crippen molar-refractivity contribution in [3.8, 4) is 17.2 Å². The molecule has 1 aromatic rings. The Morgan fingerprint density at radius 1 is 1.21 bits per heavy atom. The highest BCUT2D eigenvalue weighted by Gasteiger charge is 2.18. The van der Waals surface area contributed by atoms with E-state index in [-0.39, 0.29) is 17.8 Å². The van der Waals surface area contributed by atoms with Gasteiger partial charge in [-0.1, -0.05) is 6.92 Å². The summed E-state index contributed by atoms with van der Waals surface area (Å²) in [5.41, 5.74) is -0.108. The van der Waals surface area contributed by atoms with Crippen LogP contribution in [0.25, 0.3) is 0 Å². The lowest BCUT2D eigenvalue weighted by atomic mass is 10.1. The van der Waals surface area contributed by atoms with Crippen LogP contribution in [0, 0.1) is 0 Å². The monoisotopic (exact) mass is 268 g/mol. The Kier molecular flexibility index (Phi) is 4.74. The molecule has 0 spiro atoms. The number of rotatable bonds is 5. The van der Waals surface area contributed by atoms with Gasteiger partial charge in [0.25, 0.3) is 0 Å². The summed E-state index contributed by atoms with van der Waals surface area (Å²) < 4.78 is 5.00. The summed E-state index contributed by atoms with van der Waals surface area (Å²) in [4.78, 5) is 22.9. The third-order valence-electron chi connectivity index (χ3n) is 2.52. The molecule has 0 bridgehead atoms. The topological polar surface area (TPSA) is 104 Å². The molecule has 6 heteroatoms. The number of ketones is 1. The number of Topliss-reactive ketones (excluding diaryl/α,β-unsaturated/α-hetero) is 1. The van der Waals surface area contributed by atoms with Crippen LogP contribution in [0.2, 0.25) is 0 Å². The summed E-state index contributed by atoms with van der Waals surface area (Å²) >= 11 is 0. The third-order valence-corrected chi connectivity index (χ3v) is 2.52. The van der Waals surface area contributed by atoms with Crippen LogP contribution >= 0.6 is 0 Å². The molecule has 1 rings (SSSR count). The maximum atomic E-state index is 11.7. The lowest BCUT2D eigenvalue weighted by molar-refractivity contribution is -0.120. The predicted molar refractivity (Wildman–Crippen MR) is 66.2 cm³/mol. The average molecular weight is 268 g/mol. The molecule has 0 fully saturated rings. The largest absolute Gasteiger partial charge is 0.504 e. The van der Waals surface area contributed by atoms with E-state index in [1.165, 1.54) is 0 Å². The fourth-order valence-corrected chi connectivity index (χ4v) is 1.48. The molecule has 0 heterocycles. The van der Waals surface area contributed by atoms with E-state index in [4.69, 9.17) is 9.84 Å². The van der Waals surface area contributed by atoms with Crippen molar-refractivity contribution in [2.45, 2.75) is 32.8 Å². The number of phenols is 3. The standard InChI is InChI=1S/C13H16O6/c1-3-9(14)4-7(2)19-13(18)8-5-10(15)12(17)11(16)6-8/h5-7,15-17H,3-4H2,1-2H3. The number of carbonyl (C=O) groups is 2. The smallest absolute Gasteiger partial charge is 0.338 e. The molecule has 0 aromatic heterocycles. The highest BCUT2D eigenvalue weighted by Crippen LogP contribution is 2.35. The Bertz CT molecular complexity index is 471. The molecule has 104 valence electrons. The van der Waals surface area contributed by atoms with Gasteiger partial charge in [-0.15, -0.1) is 0 Å². The Balaban J connectivity index is 2.76. The number of aromatic hydroxyl groups is 3. The molecule has 0 saturated heterocycles. The van der Waals surface area contributed by atoms with E-state index in [2.05, 4.69) is 0 Å². The number of esters is 1. The Morgan fingerprint density at radius 2 is 1.74 bits per heavy atom. The number of ether oxygens (including phenoxy) is 1. The minimum Gasteiger partial charge on any atom is -0.504 e. The van der Waals surface area contributed by atoms with Gasteiger partial charge in [0.1, 0.15) is 11.9 Å². The fourth-order valence-electron chi connectivity index (χ4n) is 1.48. The first kappa shape index (κ1) is 14.8. The first-order valence-electron chi connectivity index (χ1n) is 5.82. The van der Waals surface area contributed by atoms with E-state index in [9.17, 15) is 19.8 Å². The van der Waals surface area contributed by atoms with E-state index >= 15 is 0 Å². The molecule has 1 unspecified atom stereocenters. The first-order valence-corrected chi connectivity index (χ1v) is 5.82. The van der Waals surface area contributed by atoms with Gasteiger partial charge in [0.05, 0.1) is 5.56 Å². The number of carbonyl (C=O) groups excluding carboxylic acids is 2. The summed E-state index contributed by atoms with van der Waals surface area (Å²) in [5, 5.41) is 27.7. The van der Waals surface area contributed by atoms with Crippen LogP contribution in [-0.4, -0.2) is 33.2 Å². The van der Waals surface area contributed by atoms with Crippen LogP contribution in [0.4, 0.5) is 0 Å². The summed E-state index contributed by atoms with van der Waals surface area (Å²) in [7, 11) is 0. The normalized spacial score (nSPS) is 11.9. The molecule has 0 saturated carbocycles. The van der Waals surface area contributed by atoms with Gasteiger partial charge in [-0.05, 0) is 19.1 Å². The molecule has 0 aliphatic carbocycles. The van der Waals surface area contributed by atoms with Crippen molar-refractivity contribution in [3.05, 3.63) is 17.7 Å². The number of benzene rings is 1. The summed E-state index contributed by atoms with van der Waals surface area (Å²) in [5.74, 6) is -2.77. The lowest BCUT2D eigenvalue weighted by Crippen LogP contribution is -2.18. The van der Waals surface area contributed by atoms with Gasteiger partial charge < -0.3 is 20.1 Å². The van der Waals surface area contributed by atoms with Gasteiger partial charge in [-0.2, -0.15) is 0 Å². The van der Waals surface area contributed by atoms with Crippen molar-refractivity contribution in [2.24, 2.45) is 0 Å². The van der Waals surface area contributed by atoms with Gasteiger partial charge in [0, 0.05) is 12.8 Å². The lowest BCUT2D eigenvalue weighted by Gasteiger charge is -2.12. The molecule has 3 N–H and O–H groups in total. The van der Waals surface area contributed by atoms with Crippen molar-refractivity contribution in [1.82, 2.24) is 0 Å². The number of hydrogen-bond acceptors (Lipinski definition) is 6. The van der Waals surface area contributed by atoms with Crippen LogP contribution < -0.4 is 0 Å². The van der Waals surface area contributed by atoms with Crippen molar-refractivity contribution < 1.29 is 29.6 Å². The molecular formula is C13H16O6. The van der Waals surface area contributed by atoms with Gasteiger partial charge in [-0.25, -0.2) is 4.79 Å². The fraction of sp³-hybridized carbons (Fsp3) is 0.385. The van der Waals surface area contributed by atoms with Gasteiger partial charge in [0.15, 0.2) is 17.2 Å². The third kappa shape index (κ3) is 3.87. The maximum Gasteiger partial charge on any atom is 0.338 e. The molecule has 0 radical (unpaired) electrons. The molecule has 19 heavy (non-hydrogen) atoms. The van der Waals surface area contributed by atoms with Crippen LogP contribution in [0.1, 0.15) is 37.0 Å². The second kappa shape index (κ2) is 6.08. The van der Waals surface area contributed by atoms with Crippen molar-refractivity contribution in [2.75, 3.05) is 0 Å². The molecule has 6 nitrogen and oxygen atoms in total. The molecule has 1 aromatic carbocycles. The second-order valence-electron chi connectivity index (χ2n) is 4.18. The molecule has 1 atom stereocenters. The van der Waals surface area contributed by atoms with E-state index < -0.39 is 29.3 Å². The minimum atomic E-state index is -0.790. The maximum absolute atomic E-state index is 11.7. The van der Waals surface area contributed by atoms with Crippen LogP contribution in [-0.2, 0) is 9.53 Å². The van der Waals surface area contributed by atoms with Crippen LogP contribution in [0.15, 0.2) is 12.1 Å². The zero-order chi connectivity index (χ0) is 14.6. The second-order valence-corrected chi connectivity index (χ2v) is 4.18. The first-order chi connectivity index (χ1) is 8.85. The van der Waals surface area contributed by atoms with Crippen molar-refractivity contribution in [1.29, 1.82) is 0 Å². The quantitative estimate of drug-likeness (QED) is 0.555. The number of hydrogen-bond donors (Lipinski definition) is 3. The SMILES string of the molecule is CCC(=O)CC(C)OC(=O)c1cc(O)c(O)c(O)c1. The molecule has 0 amide bonds. The minimum absolute atomic E-state index is 0.0308. The van der Waals surface area contributed by atoms with Crippen LogP contribution in [0.3, 0.4) is 0 Å². The van der Waals surface area contributed by atoms with Gasteiger partial charge in [0.2, 0.25) is 0 Å². The van der Waals surface area contributed by atoms with Gasteiger partial charge >= 0.3 is 5.97 Å². The molecule has 0 aliphatic heterocycles. The van der Waals surface area contributed by atoms with Gasteiger partial charge in [-0.3, -0.25) is 4.79 Å². The highest BCUT2D eigenvalue weighted by molar-refractivity contribution is 5.91. The van der Waals surface area contributed by atoms with Crippen LogP contribution in [0.5, 0.6) is 17.2 Å².